The fraction of sp³-hybridized carbons (Fsp3) is 0.435. The summed E-state index contributed by atoms with van der Waals surface area (Å²) in [7, 11) is 2.59. The summed E-state index contributed by atoms with van der Waals surface area (Å²) in [5.74, 6) is 0.905. The van der Waals surface area contributed by atoms with Crippen LogP contribution in [0.15, 0.2) is 60.7 Å². The quantitative estimate of drug-likeness (QED) is 0.0920. The Hall–Kier alpha value is -6.18. The lowest BCUT2D eigenvalue weighted by Crippen LogP contribution is -2.58. The number of alkyl carbamates (subject to hydrolysis) is 2. The second kappa shape index (κ2) is 16.5. The van der Waals surface area contributed by atoms with Crippen LogP contribution in [0.5, 0.6) is 0 Å². The van der Waals surface area contributed by atoms with Gasteiger partial charge in [0.15, 0.2) is 0 Å². The van der Waals surface area contributed by atoms with Gasteiger partial charge in [0, 0.05) is 17.8 Å². The second-order valence-corrected chi connectivity index (χ2v) is 17.0. The topological polar surface area (TPSA) is 183 Å². The van der Waals surface area contributed by atoms with Gasteiger partial charge in [-0.1, -0.05) is 76.2 Å². The number of carbonyl (C=O) groups excluding carboxylic acids is 4. The summed E-state index contributed by atoms with van der Waals surface area (Å²) in [6.07, 6.45) is 4.58. The number of H-pyrrole nitrogens is 2. The zero-order chi connectivity index (χ0) is 42.3. The minimum Gasteiger partial charge on any atom is -0.453 e. The van der Waals surface area contributed by atoms with Gasteiger partial charge >= 0.3 is 12.2 Å². The van der Waals surface area contributed by atoms with Crippen molar-refractivity contribution < 1.29 is 28.7 Å². The lowest BCUT2D eigenvalue weighted by atomic mass is 9.75. The molecule has 314 valence electrons. The smallest absolute Gasteiger partial charge is 0.407 e. The molecule has 0 spiro atoms. The Balaban J connectivity index is 0.972. The van der Waals surface area contributed by atoms with Crippen LogP contribution in [0.1, 0.15) is 88.7 Å². The van der Waals surface area contributed by atoms with E-state index in [1.54, 1.807) is 0 Å². The van der Waals surface area contributed by atoms with Gasteiger partial charge in [-0.3, -0.25) is 9.59 Å². The molecule has 14 heteroatoms. The van der Waals surface area contributed by atoms with Crippen LogP contribution in [-0.4, -0.2) is 81.7 Å². The lowest BCUT2D eigenvalue weighted by molar-refractivity contribution is -0.135. The molecule has 14 nitrogen and oxygen atoms in total. The molecule has 60 heavy (non-hydrogen) atoms. The summed E-state index contributed by atoms with van der Waals surface area (Å²) < 4.78 is 9.55. The van der Waals surface area contributed by atoms with Gasteiger partial charge in [0.05, 0.1) is 42.5 Å². The first-order valence-electron chi connectivity index (χ1n) is 21.0. The third kappa shape index (κ3) is 7.70. The molecule has 1 saturated heterocycles. The maximum Gasteiger partial charge on any atom is 0.407 e. The lowest BCUT2D eigenvalue weighted by Gasteiger charge is -2.42. The van der Waals surface area contributed by atoms with E-state index < -0.39 is 29.8 Å². The van der Waals surface area contributed by atoms with Gasteiger partial charge in [-0.05, 0) is 96.7 Å². The van der Waals surface area contributed by atoms with E-state index in [9.17, 15) is 19.2 Å². The van der Waals surface area contributed by atoms with Gasteiger partial charge in [0.25, 0.3) is 0 Å². The molecule has 1 aliphatic heterocycles. The molecule has 2 fully saturated rings. The Morgan fingerprint density at radius 3 is 2.03 bits per heavy atom. The van der Waals surface area contributed by atoms with Gasteiger partial charge in [-0.25, -0.2) is 19.6 Å². The van der Waals surface area contributed by atoms with E-state index in [-0.39, 0.29) is 29.7 Å². The number of aromatic amines is 2. The summed E-state index contributed by atoms with van der Waals surface area (Å²) in [5.41, 5.74) is 9.83. The molecule has 3 heterocycles. The predicted octanol–water partition coefficient (Wildman–Crippen LogP) is 7.31. The first kappa shape index (κ1) is 40.6. The molecule has 5 aromatic rings. The van der Waals surface area contributed by atoms with E-state index in [1.165, 1.54) is 19.8 Å². The van der Waals surface area contributed by atoms with Crippen LogP contribution in [0.4, 0.5) is 9.59 Å². The molecule has 3 aromatic carbocycles. The molecule has 0 bridgehead atoms. The number of ether oxygens (including phenoxy) is 2. The Bertz CT molecular complexity index is 2430. The average Bonchev–Trinajstić information content (AvgIpc) is 4.01. The van der Waals surface area contributed by atoms with Crippen LogP contribution < -0.4 is 16.0 Å². The van der Waals surface area contributed by atoms with Crippen molar-refractivity contribution in [1.29, 1.82) is 0 Å². The van der Waals surface area contributed by atoms with E-state index >= 15 is 0 Å². The first-order chi connectivity index (χ1) is 28.9. The normalized spacial score (nSPS) is 17.7. The summed E-state index contributed by atoms with van der Waals surface area (Å²) in [6.45, 7) is 8.22. The molecular formula is C46H54N8O6. The van der Waals surface area contributed by atoms with Crippen LogP contribution in [0.2, 0.25) is 0 Å². The van der Waals surface area contributed by atoms with Gasteiger partial charge in [-0.2, -0.15) is 0 Å². The summed E-state index contributed by atoms with van der Waals surface area (Å²) in [6, 6.07) is 19.7. The zero-order valence-electron chi connectivity index (χ0n) is 35.1. The number of hydrogen-bond acceptors (Lipinski definition) is 8. The maximum atomic E-state index is 13.7. The summed E-state index contributed by atoms with van der Waals surface area (Å²) >= 11 is 0. The number of benzene rings is 3. The molecule has 1 saturated carbocycles. The van der Waals surface area contributed by atoms with Crippen molar-refractivity contribution in [2.24, 2.45) is 11.8 Å². The van der Waals surface area contributed by atoms with Gasteiger partial charge in [0.1, 0.15) is 23.7 Å². The number of methoxy groups -OCH3 is 2. The molecule has 5 N–H and O–H groups in total. The number of amides is 4. The molecule has 4 amide bonds. The van der Waals surface area contributed by atoms with E-state index in [0.29, 0.717) is 6.54 Å². The van der Waals surface area contributed by atoms with Crippen LogP contribution in [-0.2, 0) is 37.4 Å². The molecular weight excluding hydrogens is 761 g/mol. The highest BCUT2D eigenvalue weighted by Gasteiger charge is 2.44. The van der Waals surface area contributed by atoms with Crippen molar-refractivity contribution in [3.8, 4) is 33.5 Å². The zero-order valence-corrected chi connectivity index (χ0v) is 35.1. The van der Waals surface area contributed by atoms with Gasteiger partial charge < -0.3 is 40.3 Å². The molecule has 3 atom stereocenters. The van der Waals surface area contributed by atoms with E-state index in [1.807, 2.05) is 38.7 Å². The molecule has 8 rings (SSSR count). The Morgan fingerprint density at radius 2 is 1.40 bits per heavy atom. The highest BCUT2D eigenvalue weighted by atomic mass is 16.5. The van der Waals surface area contributed by atoms with E-state index in [4.69, 9.17) is 19.4 Å². The third-order valence-electron chi connectivity index (χ3n) is 12.5. The third-order valence-corrected chi connectivity index (χ3v) is 12.5. The van der Waals surface area contributed by atoms with E-state index in [2.05, 4.69) is 80.5 Å². The number of nitrogens with one attached hydrogen (secondary N) is 5. The predicted molar refractivity (Wildman–Crippen MR) is 228 cm³/mol. The number of aromatic nitrogens is 4. The van der Waals surface area contributed by atoms with Crippen LogP contribution in [0.3, 0.4) is 0 Å². The number of aryl methyl sites for hydroxylation is 2. The van der Waals surface area contributed by atoms with Crippen molar-refractivity contribution in [3.63, 3.8) is 0 Å². The van der Waals surface area contributed by atoms with Crippen molar-refractivity contribution in [1.82, 2.24) is 40.8 Å². The van der Waals surface area contributed by atoms with E-state index in [0.717, 1.165) is 107 Å². The second-order valence-electron chi connectivity index (χ2n) is 17.0. The standard InChI is InChI=1S/C46H54N8O6/c1-25(2)37(51-44(57)59-5)41(55)53-46(20-8-21-46)43-48-33-18-15-30(24-35(33)49-43)28-12-10-27(11-13-28)29-14-17-32-31(23-29)16-19-34-39(32)50-40(47-34)36-9-7-22-54(36)42(56)38(26(3)4)52-45(58)60-6/h10-15,17-18,23-26,36-38H,7-9,16,19-22H2,1-6H3,(H,47,50)(H,48,49)(H,51,57)(H,52,58)(H,53,55)/t36-,37-,38-/m0/s1. The van der Waals surface area contributed by atoms with Crippen molar-refractivity contribution >= 4 is 35.0 Å². The first-order valence-corrected chi connectivity index (χ1v) is 21.0. The van der Waals surface area contributed by atoms with Gasteiger partial charge in [0.2, 0.25) is 11.8 Å². The Kier molecular flexibility index (Phi) is 11.1. The number of imidazole rings is 2. The van der Waals surface area contributed by atoms with Crippen molar-refractivity contribution in [2.45, 2.75) is 96.3 Å². The fourth-order valence-electron chi connectivity index (χ4n) is 8.91. The number of rotatable bonds is 11. The summed E-state index contributed by atoms with van der Waals surface area (Å²) in [5, 5.41) is 8.60. The number of likely N-dealkylation sites (tertiary alicyclic amines) is 1. The number of fused-ring (bicyclic) bond motifs is 4. The largest absolute Gasteiger partial charge is 0.453 e. The minimum absolute atomic E-state index is 0.0995. The number of hydrogen-bond donors (Lipinski definition) is 5. The fourth-order valence-corrected chi connectivity index (χ4v) is 8.91. The molecule has 2 aromatic heterocycles. The Labute approximate surface area is 349 Å². The molecule has 3 aliphatic rings. The van der Waals surface area contributed by atoms with Gasteiger partial charge in [-0.15, -0.1) is 0 Å². The highest BCUT2D eigenvalue weighted by molar-refractivity contribution is 5.88. The number of nitrogens with zero attached hydrogens (tertiary/aromatic N) is 3. The van der Waals surface area contributed by atoms with Crippen LogP contribution in [0.25, 0.3) is 44.5 Å². The van der Waals surface area contributed by atoms with Crippen molar-refractivity contribution in [2.75, 3.05) is 20.8 Å². The minimum atomic E-state index is -0.732. The number of carbonyl (C=O) groups is 4. The van der Waals surface area contributed by atoms with Crippen LogP contribution >= 0.6 is 0 Å². The molecule has 2 aliphatic carbocycles. The average molecular weight is 815 g/mol. The van der Waals surface area contributed by atoms with Crippen molar-refractivity contribution in [3.05, 3.63) is 83.6 Å². The Morgan fingerprint density at radius 1 is 0.767 bits per heavy atom. The molecule has 0 unspecified atom stereocenters. The molecule has 0 radical (unpaired) electrons. The highest BCUT2D eigenvalue weighted by Crippen LogP contribution is 2.42. The summed E-state index contributed by atoms with van der Waals surface area (Å²) in [4.78, 5) is 70.1. The van der Waals surface area contributed by atoms with Crippen LogP contribution in [0, 0.1) is 11.8 Å². The SMILES string of the molecule is COC(=O)N[C@H](C(=O)NC1(c2nc3ccc(-c4ccc(-c5ccc6c(c5)CCc5[nH]c([C@@H]7CCCN7C(=O)[C@@H](NC(=O)OC)C(C)C)nc5-6)cc4)cc3[nH]2)CCC1)C(C)C. The monoisotopic (exact) mass is 814 g/mol. The maximum absolute atomic E-state index is 13.7.